The van der Waals surface area contributed by atoms with Gasteiger partial charge in [0.15, 0.2) is 5.78 Å². The van der Waals surface area contributed by atoms with Gasteiger partial charge in [0.05, 0.1) is 12.8 Å². The molecule has 0 radical (unpaired) electrons. The highest BCUT2D eigenvalue weighted by molar-refractivity contribution is 5.97. The minimum atomic E-state index is 0.114. The lowest BCUT2D eigenvalue weighted by molar-refractivity contribution is 0.0907. The molecule has 1 aromatic heterocycles. The summed E-state index contributed by atoms with van der Waals surface area (Å²) in [7, 11) is 0. The van der Waals surface area contributed by atoms with E-state index >= 15 is 0 Å². The molecule has 0 aliphatic heterocycles. The Kier molecular flexibility index (Phi) is 7.16. The summed E-state index contributed by atoms with van der Waals surface area (Å²) in [6.07, 6.45) is 8.34. The number of pyridine rings is 1. The van der Waals surface area contributed by atoms with Crippen LogP contribution in [-0.2, 0) is 0 Å². The molecule has 0 aliphatic rings. The monoisotopic (exact) mass is 263 g/mol. The van der Waals surface area contributed by atoms with Gasteiger partial charge in [0.2, 0.25) is 0 Å². The second kappa shape index (κ2) is 8.68. The van der Waals surface area contributed by atoms with Gasteiger partial charge in [-0.2, -0.15) is 0 Å². The first-order valence-corrected chi connectivity index (χ1v) is 7.34. The van der Waals surface area contributed by atoms with Crippen molar-refractivity contribution >= 4 is 5.78 Å². The van der Waals surface area contributed by atoms with Gasteiger partial charge in [-0.05, 0) is 25.3 Å². The molecule has 1 atom stereocenters. The standard InChI is InChI=1S/C16H25NO2/c1-4-7-8-13(6-3)16(18)14-10-15(12-17-11-14)19-9-5-2/h10-13H,4-9H2,1-3H3. The molecular weight excluding hydrogens is 238 g/mol. The lowest BCUT2D eigenvalue weighted by atomic mass is 9.91. The third kappa shape index (κ3) is 5.01. The molecule has 0 saturated carbocycles. The van der Waals surface area contributed by atoms with Gasteiger partial charge < -0.3 is 4.74 Å². The van der Waals surface area contributed by atoms with E-state index in [1.165, 1.54) is 0 Å². The van der Waals surface area contributed by atoms with Gasteiger partial charge in [0.1, 0.15) is 5.75 Å². The lowest BCUT2D eigenvalue weighted by Gasteiger charge is -2.13. The van der Waals surface area contributed by atoms with E-state index in [9.17, 15) is 4.79 Å². The zero-order chi connectivity index (χ0) is 14.1. The van der Waals surface area contributed by atoms with Crippen molar-refractivity contribution in [2.24, 2.45) is 5.92 Å². The van der Waals surface area contributed by atoms with Crippen molar-refractivity contribution in [1.82, 2.24) is 4.98 Å². The largest absolute Gasteiger partial charge is 0.492 e. The molecule has 0 bridgehead atoms. The topological polar surface area (TPSA) is 39.2 Å². The minimum Gasteiger partial charge on any atom is -0.492 e. The normalized spacial score (nSPS) is 12.2. The summed E-state index contributed by atoms with van der Waals surface area (Å²) >= 11 is 0. The number of carbonyl (C=O) groups excluding carboxylic acids is 1. The van der Waals surface area contributed by atoms with Crippen LogP contribution in [0.1, 0.15) is 63.2 Å². The first-order chi connectivity index (χ1) is 9.22. The van der Waals surface area contributed by atoms with E-state index in [0.717, 1.165) is 32.1 Å². The van der Waals surface area contributed by atoms with Crippen molar-refractivity contribution in [1.29, 1.82) is 0 Å². The van der Waals surface area contributed by atoms with Crippen molar-refractivity contribution in [3.8, 4) is 5.75 Å². The smallest absolute Gasteiger partial charge is 0.167 e. The summed E-state index contributed by atoms with van der Waals surface area (Å²) in [4.78, 5) is 16.5. The second-order valence-electron chi connectivity index (χ2n) is 4.87. The summed E-state index contributed by atoms with van der Waals surface area (Å²) in [5.41, 5.74) is 0.677. The molecule has 1 aromatic rings. The van der Waals surface area contributed by atoms with Crippen LogP contribution in [0.4, 0.5) is 0 Å². The van der Waals surface area contributed by atoms with Crippen molar-refractivity contribution < 1.29 is 9.53 Å². The van der Waals surface area contributed by atoms with Crippen molar-refractivity contribution in [2.45, 2.75) is 52.9 Å². The zero-order valence-electron chi connectivity index (χ0n) is 12.3. The maximum atomic E-state index is 12.4. The third-order valence-corrected chi connectivity index (χ3v) is 3.24. The molecule has 1 unspecified atom stereocenters. The minimum absolute atomic E-state index is 0.114. The third-order valence-electron chi connectivity index (χ3n) is 3.24. The van der Waals surface area contributed by atoms with Crippen LogP contribution >= 0.6 is 0 Å². The number of aromatic nitrogens is 1. The van der Waals surface area contributed by atoms with E-state index in [1.54, 1.807) is 12.4 Å². The summed E-state index contributed by atoms with van der Waals surface area (Å²) in [6.45, 7) is 6.94. The Balaban J connectivity index is 2.74. The molecule has 3 nitrogen and oxygen atoms in total. The molecule has 19 heavy (non-hydrogen) atoms. The van der Waals surface area contributed by atoms with Gasteiger partial charge in [0, 0.05) is 17.7 Å². The number of ketones is 1. The van der Waals surface area contributed by atoms with Crippen LogP contribution in [-0.4, -0.2) is 17.4 Å². The predicted molar refractivity (Wildman–Crippen MR) is 77.7 cm³/mol. The predicted octanol–water partition coefficient (Wildman–Crippen LogP) is 4.27. The number of Topliss-reactive ketones (excluding diaryl/α,β-unsaturated/α-hetero) is 1. The Bertz CT molecular complexity index is 390. The van der Waals surface area contributed by atoms with Crippen molar-refractivity contribution in [3.63, 3.8) is 0 Å². The van der Waals surface area contributed by atoms with Crippen LogP contribution in [0.2, 0.25) is 0 Å². The highest BCUT2D eigenvalue weighted by Gasteiger charge is 2.18. The van der Waals surface area contributed by atoms with Crippen LogP contribution in [0.15, 0.2) is 18.5 Å². The molecule has 0 amide bonds. The van der Waals surface area contributed by atoms with E-state index in [2.05, 4.69) is 25.8 Å². The average Bonchev–Trinajstić information content (AvgIpc) is 2.46. The molecule has 0 saturated heterocycles. The molecule has 3 heteroatoms. The molecule has 1 rings (SSSR count). The van der Waals surface area contributed by atoms with E-state index in [0.29, 0.717) is 17.9 Å². The van der Waals surface area contributed by atoms with E-state index in [-0.39, 0.29) is 11.7 Å². The van der Waals surface area contributed by atoms with Gasteiger partial charge >= 0.3 is 0 Å². The van der Waals surface area contributed by atoms with Crippen molar-refractivity contribution in [3.05, 3.63) is 24.0 Å². The molecular formula is C16H25NO2. The number of ether oxygens (including phenoxy) is 1. The molecule has 0 aliphatic carbocycles. The molecule has 1 heterocycles. The number of carbonyl (C=O) groups is 1. The highest BCUT2D eigenvalue weighted by atomic mass is 16.5. The zero-order valence-corrected chi connectivity index (χ0v) is 12.3. The molecule has 0 aromatic carbocycles. The molecule has 0 spiro atoms. The number of hydrogen-bond acceptors (Lipinski definition) is 3. The number of unbranched alkanes of at least 4 members (excludes halogenated alkanes) is 1. The van der Waals surface area contributed by atoms with Gasteiger partial charge in [-0.3, -0.25) is 9.78 Å². The van der Waals surface area contributed by atoms with Crippen LogP contribution in [0.3, 0.4) is 0 Å². The quantitative estimate of drug-likeness (QED) is 0.624. The fraction of sp³-hybridized carbons (Fsp3) is 0.625. The average molecular weight is 263 g/mol. The molecule has 0 fully saturated rings. The second-order valence-corrected chi connectivity index (χ2v) is 4.87. The fourth-order valence-corrected chi connectivity index (χ4v) is 2.06. The first-order valence-electron chi connectivity index (χ1n) is 7.34. The fourth-order valence-electron chi connectivity index (χ4n) is 2.06. The molecule has 0 N–H and O–H groups in total. The Morgan fingerprint density at radius 2 is 2.05 bits per heavy atom. The van der Waals surface area contributed by atoms with Crippen LogP contribution < -0.4 is 4.74 Å². The summed E-state index contributed by atoms with van der Waals surface area (Å²) in [5.74, 6) is 1.01. The van der Waals surface area contributed by atoms with Crippen LogP contribution in [0.25, 0.3) is 0 Å². The number of rotatable bonds is 9. The highest BCUT2D eigenvalue weighted by Crippen LogP contribution is 2.20. The SMILES string of the molecule is CCCCC(CC)C(=O)c1cncc(OCCC)c1. The Hall–Kier alpha value is -1.38. The number of hydrogen-bond donors (Lipinski definition) is 0. The van der Waals surface area contributed by atoms with Gasteiger partial charge in [-0.25, -0.2) is 0 Å². The Morgan fingerprint density at radius 3 is 2.68 bits per heavy atom. The number of nitrogens with zero attached hydrogens (tertiary/aromatic N) is 1. The van der Waals surface area contributed by atoms with Crippen molar-refractivity contribution in [2.75, 3.05) is 6.61 Å². The first kappa shape index (κ1) is 15.7. The van der Waals surface area contributed by atoms with E-state index < -0.39 is 0 Å². The van der Waals surface area contributed by atoms with Crippen LogP contribution in [0, 0.1) is 5.92 Å². The van der Waals surface area contributed by atoms with Gasteiger partial charge in [-0.15, -0.1) is 0 Å². The van der Waals surface area contributed by atoms with Gasteiger partial charge in [-0.1, -0.05) is 33.6 Å². The summed E-state index contributed by atoms with van der Waals surface area (Å²) < 4.78 is 5.53. The Morgan fingerprint density at radius 1 is 1.26 bits per heavy atom. The summed E-state index contributed by atoms with van der Waals surface area (Å²) in [5, 5.41) is 0. The van der Waals surface area contributed by atoms with Crippen LogP contribution in [0.5, 0.6) is 5.75 Å². The van der Waals surface area contributed by atoms with Gasteiger partial charge in [0.25, 0.3) is 0 Å². The van der Waals surface area contributed by atoms with E-state index in [4.69, 9.17) is 4.74 Å². The maximum Gasteiger partial charge on any atom is 0.167 e. The van der Waals surface area contributed by atoms with E-state index in [1.807, 2.05) is 6.07 Å². The summed E-state index contributed by atoms with van der Waals surface area (Å²) in [6, 6.07) is 1.82. The Labute approximate surface area is 116 Å². The molecule has 106 valence electrons. The lowest BCUT2D eigenvalue weighted by Crippen LogP contribution is -2.14. The maximum absolute atomic E-state index is 12.4.